The number of aromatic nitrogens is 1. The summed E-state index contributed by atoms with van der Waals surface area (Å²) >= 11 is 0. The number of nitrogens with one attached hydrogen (secondary N) is 2. The van der Waals surface area contributed by atoms with Crippen LogP contribution < -0.4 is 20.1 Å². The van der Waals surface area contributed by atoms with Crippen LogP contribution in [0.15, 0.2) is 78.9 Å². The fourth-order valence-corrected chi connectivity index (χ4v) is 6.12. The summed E-state index contributed by atoms with van der Waals surface area (Å²) in [4.78, 5) is 44.3. The van der Waals surface area contributed by atoms with Crippen LogP contribution in [0.3, 0.4) is 0 Å². The molecule has 4 aromatic rings. The van der Waals surface area contributed by atoms with Crippen LogP contribution in [-0.4, -0.2) is 88.9 Å². The number of nitrogens with zero attached hydrogens (tertiary/aromatic N) is 2. The van der Waals surface area contributed by atoms with Crippen LogP contribution in [-0.2, 0) is 16.0 Å². The second-order valence-electron chi connectivity index (χ2n) is 12.8. The highest BCUT2D eigenvalue weighted by atomic mass is 19.3. The van der Waals surface area contributed by atoms with Crippen molar-refractivity contribution in [1.82, 2.24) is 20.5 Å². The highest BCUT2D eigenvalue weighted by molar-refractivity contribution is 5.91. The van der Waals surface area contributed by atoms with E-state index in [0.29, 0.717) is 34.5 Å². The predicted octanol–water partition coefficient (Wildman–Crippen LogP) is 4.90. The molecule has 0 unspecified atom stereocenters. The van der Waals surface area contributed by atoms with E-state index in [0.717, 1.165) is 11.1 Å². The monoisotopic (exact) mass is 704 g/mol. The number of hydrogen-bond donors (Lipinski definition) is 4. The number of rotatable bonds is 15. The molecule has 2 amide bonds. The lowest BCUT2D eigenvalue weighted by Crippen LogP contribution is -2.55. The summed E-state index contributed by atoms with van der Waals surface area (Å²) in [7, 11) is 1.57. The molecule has 0 spiro atoms. The standard InChI is InChI=1S/C38H42F2N4O7/c1-22(2)37(47)44-21-27(51-33-19-29(24-7-5-4-6-8-24)42-30-17-26(50-3)13-14-28(30)33)18-32(44)36(46)43-31(20-34(39)40)35(45)41-16-15-23-9-11-25(12-10-23)38(48)49/h4-14,17,19,22,27,31-32,34,37,47H,15-16,18,20-21H2,1-3H3,(H,41,45)(H,43,46)(H,48,49)/t27-,31+,32+,37+/m1/s1. The Balaban J connectivity index is 1.33. The summed E-state index contributed by atoms with van der Waals surface area (Å²) in [5.74, 6) is -1.67. The van der Waals surface area contributed by atoms with Crippen molar-refractivity contribution < 1.29 is 42.9 Å². The molecule has 5 rings (SSSR count). The summed E-state index contributed by atoms with van der Waals surface area (Å²) in [6.45, 7) is 3.83. The molecule has 0 saturated carbocycles. The summed E-state index contributed by atoms with van der Waals surface area (Å²) in [5, 5.41) is 26.1. The van der Waals surface area contributed by atoms with Crippen LogP contribution in [0.25, 0.3) is 22.2 Å². The lowest BCUT2D eigenvalue weighted by atomic mass is 10.1. The molecule has 1 saturated heterocycles. The Bertz CT molecular complexity index is 1820. The first-order valence-electron chi connectivity index (χ1n) is 16.8. The third-order valence-corrected chi connectivity index (χ3v) is 8.84. The summed E-state index contributed by atoms with van der Waals surface area (Å²) in [5.41, 5.74) is 3.02. The van der Waals surface area contributed by atoms with Crippen LogP contribution in [0.5, 0.6) is 11.5 Å². The van der Waals surface area contributed by atoms with E-state index >= 15 is 0 Å². The highest BCUT2D eigenvalue weighted by Crippen LogP contribution is 2.35. The van der Waals surface area contributed by atoms with Crippen molar-refractivity contribution >= 4 is 28.7 Å². The Morgan fingerprint density at radius 2 is 1.75 bits per heavy atom. The van der Waals surface area contributed by atoms with E-state index in [-0.39, 0.29) is 31.0 Å². The van der Waals surface area contributed by atoms with Crippen molar-refractivity contribution in [3.63, 3.8) is 0 Å². The van der Waals surface area contributed by atoms with Gasteiger partial charge in [0, 0.05) is 49.0 Å². The number of carbonyl (C=O) groups excluding carboxylic acids is 2. The van der Waals surface area contributed by atoms with Gasteiger partial charge in [-0.1, -0.05) is 56.3 Å². The molecular weight excluding hydrogens is 662 g/mol. The fourth-order valence-electron chi connectivity index (χ4n) is 6.12. The van der Waals surface area contributed by atoms with E-state index in [1.165, 1.54) is 12.1 Å². The Hall–Kier alpha value is -5.14. The van der Waals surface area contributed by atoms with Gasteiger partial charge in [0.2, 0.25) is 18.2 Å². The van der Waals surface area contributed by atoms with Gasteiger partial charge in [0.05, 0.1) is 29.9 Å². The maximum Gasteiger partial charge on any atom is 0.335 e. The molecule has 0 radical (unpaired) electrons. The summed E-state index contributed by atoms with van der Waals surface area (Å²) < 4.78 is 39.3. The molecule has 51 heavy (non-hydrogen) atoms. The maximum atomic E-state index is 13.8. The molecule has 1 aliphatic heterocycles. The molecule has 0 bridgehead atoms. The number of halogens is 2. The number of benzene rings is 3. The number of pyridine rings is 1. The number of aliphatic hydroxyl groups is 1. The summed E-state index contributed by atoms with van der Waals surface area (Å²) in [6, 6.07) is 20.4. The van der Waals surface area contributed by atoms with Gasteiger partial charge in [-0.05, 0) is 42.2 Å². The van der Waals surface area contributed by atoms with Crippen molar-refractivity contribution in [1.29, 1.82) is 0 Å². The van der Waals surface area contributed by atoms with E-state index in [2.05, 4.69) is 10.6 Å². The zero-order chi connectivity index (χ0) is 36.7. The van der Waals surface area contributed by atoms with Crippen molar-refractivity contribution in [2.45, 2.75) is 64.0 Å². The average Bonchev–Trinajstić information content (AvgIpc) is 3.54. The first-order chi connectivity index (χ1) is 24.4. The number of aromatic carboxylic acids is 1. The second-order valence-corrected chi connectivity index (χ2v) is 12.8. The smallest absolute Gasteiger partial charge is 0.335 e. The van der Waals surface area contributed by atoms with Gasteiger partial charge in [-0.2, -0.15) is 0 Å². The summed E-state index contributed by atoms with van der Waals surface area (Å²) in [6.07, 6.45) is -4.98. The third-order valence-electron chi connectivity index (χ3n) is 8.84. The largest absolute Gasteiger partial charge is 0.497 e. The van der Waals surface area contributed by atoms with E-state index in [1.54, 1.807) is 50.1 Å². The van der Waals surface area contributed by atoms with E-state index in [4.69, 9.17) is 19.6 Å². The van der Waals surface area contributed by atoms with Gasteiger partial charge in [0.25, 0.3) is 0 Å². The SMILES string of the molecule is COc1ccc2c(O[C@@H]3C[C@@H](C(=O)N[C@@H](CC(F)F)C(=O)NCCc4ccc(C(=O)O)cc4)N([C@@H](O)C(C)C)C3)cc(-c3ccccc3)nc2c1. The average molecular weight is 705 g/mol. The van der Waals surface area contributed by atoms with Crippen LogP contribution in [0.2, 0.25) is 0 Å². The van der Waals surface area contributed by atoms with E-state index in [1.807, 2.05) is 42.5 Å². The number of methoxy groups -OCH3 is 1. The molecule has 3 aromatic carbocycles. The molecule has 4 N–H and O–H groups in total. The lowest BCUT2D eigenvalue weighted by Gasteiger charge is -2.31. The number of likely N-dealkylation sites (tertiary alicyclic amines) is 1. The minimum atomic E-state index is -2.88. The van der Waals surface area contributed by atoms with Crippen molar-refractivity contribution in [3.05, 3.63) is 90.0 Å². The predicted molar refractivity (Wildman–Crippen MR) is 187 cm³/mol. The number of alkyl halides is 2. The van der Waals surface area contributed by atoms with E-state index < -0.39 is 55.0 Å². The number of fused-ring (bicyclic) bond motifs is 1. The molecule has 1 fully saturated rings. The molecular formula is C38H42F2N4O7. The van der Waals surface area contributed by atoms with Crippen LogP contribution in [0.4, 0.5) is 8.78 Å². The molecule has 0 aliphatic carbocycles. The van der Waals surface area contributed by atoms with Crippen LogP contribution >= 0.6 is 0 Å². The third kappa shape index (κ3) is 9.35. The molecule has 1 aromatic heterocycles. The molecule has 2 heterocycles. The molecule has 13 heteroatoms. The molecule has 4 atom stereocenters. The quantitative estimate of drug-likeness (QED) is 0.136. The number of hydrogen-bond acceptors (Lipinski definition) is 8. The first-order valence-corrected chi connectivity index (χ1v) is 16.8. The number of carbonyl (C=O) groups is 3. The highest BCUT2D eigenvalue weighted by Gasteiger charge is 2.43. The second kappa shape index (κ2) is 16.7. The van der Waals surface area contributed by atoms with Gasteiger partial charge in [0.1, 0.15) is 29.9 Å². The van der Waals surface area contributed by atoms with Gasteiger partial charge in [-0.25, -0.2) is 18.6 Å². The van der Waals surface area contributed by atoms with Gasteiger partial charge < -0.3 is 30.3 Å². The van der Waals surface area contributed by atoms with Gasteiger partial charge in [-0.3, -0.25) is 14.5 Å². The van der Waals surface area contributed by atoms with Gasteiger partial charge in [-0.15, -0.1) is 0 Å². The topological polar surface area (TPSA) is 150 Å². The Kier molecular flexibility index (Phi) is 12.2. The maximum absolute atomic E-state index is 13.8. The Labute approximate surface area is 294 Å². The first kappa shape index (κ1) is 37.1. The van der Waals surface area contributed by atoms with Gasteiger partial charge in [0.15, 0.2) is 0 Å². The molecule has 1 aliphatic rings. The number of aliphatic hydroxyl groups excluding tert-OH is 1. The Morgan fingerprint density at radius 3 is 2.39 bits per heavy atom. The zero-order valence-corrected chi connectivity index (χ0v) is 28.6. The molecule has 270 valence electrons. The Morgan fingerprint density at radius 1 is 1.02 bits per heavy atom. The zero-order valence-electron chi connectivity index (χ0n) is 28.6. The van der Waals surface area contributed by atoms with Crippen LogP contribution in [0, 0.1) is 5.92 Å². The van der Waals surface area contributed by atoms with Crippen molar-refractivity contribution in [2.75, 3.05) is 20.2 Å². The minimum Gasteiger partial charge on any atom is -0.497 e. The minimum absolute atomic E-state index is 0.0785. The number of carboxylic acid groups (broad SMARTS) is 1. The normalized spacial score (nSPS) is 17.3. The number of ether oxygens (including phenoxy) is 2. The van der Waals surface area contributed by atoms with Crippen molar-refractivity contribution in [2.24, 2.45) is 5.92 Å². The fraction of sp³-hybridized carbons (Fsp3) is 0.368. The van der Waals surface area contributed by atoms with Crippen molar-refractivity contribution in [3.8, 4) is 22.8 Å². The van der Waals surface area contributed by atoms with Crippen LogP contribution in [0.1, 0.15) is 42.6 Å². The number of amides is 2. The molecule has 11 nitrogen and oxygen atoms in total. The van der Waals surface area contributed by atoms with Gasteiger partial charge >= 0.3 is 5.97 Å². The van der Waals surface area contributed by atoms with E-state index in [9.17, 15) is 28.3 Å². The number of carboxylic acids is 1. The lowest BCUT2D eigenvalue weighted by molar-refractivity contribution is -0.135.